The Morgan fingerprint density at radius 2 is 1.82 bits per heavy atom. The summed E-state index contributed by atoms with van der Waals surface area (Å²) in [6.45, 7) is 3.75. The fraction of sp³-hybridized carbons (Fsp3) is 0.120. The van der Waals surface area contributed by atoms with Gasteiger partial charge in [0.2, 0.25) is 0 Å². The molecule has 6 aromatic rings. The quantitative estimate of drug-likeness (QED) is 0.351. The molecule has 9 nitrogen and oxygen atoms in total. The maximum Gasteiger partial charge on any atom is 0.161 e. The zero-order valence-corrected chi connectivity index (χ0v) is 18.4. The molecule has 0 aliphatic rings. The minimum Gasteiger partial charge on any atom is -0.335 e. The van der Waals surface area contributed by atoms with Crippen molar-refractivity contribution in [3.8, 4) is 34.0 Å². The van der Waals surface area contributed by atoms with E-state index < -0.39 is 0 Å². The average Bonchev–Trinajstić information content (AvgIpc) is 3.51. The van der Waals surface area contributed by atoms with Crippen molar-refractivity contribution in [1.29, 1.82) is 0 Å². The molecule has 0 amide bonds. The van der Waals surface area contributed by atoms with E-state index in [0.29, 0.717) is 11.5 Å². The third kappa shape index (κ3) is 3.57. The third-order valence-electron chi connectivity index (χ3n) is 5.64. The van der Waals surface area contributed by atoms with Crippen molar-refractivity contribution in [2.75, 3.05) is 6.54 Å². The zero-order valence-electron chi connectivity index (χ0n) is 18.4. The van der Waals surface area contributed by atoms with Crippen molar-refractivity contribution >= 4 is 22.1 Å². The van der Waals surface area contributed by atoms with Crippen LogP contribution in [-0.4, -0.2) is 46.6 Å². The molecule has 0 aliphatic carbocycles. The van der Waals surface area contributed by atoms with Gasteiger partial charge in [-0.05, 0) is 42.4 Å². The van der Waals surface area contributed by atoms with Crippen LogP contribution >= 0.6 is 0 Å². The number of nitrogens with one attached hydrogen (secondary N) is 3. The summed E-state index contributed by atoms with van der Waals surface area (Å²) >= 11 is 0. The molecule has 166 valence electrons. The summed E-state index contributed by atoms with van der Waals surface area (Å²) in [5, 5.41) is 10.9. The fourth-order valence-electron chi connectivity index (χ4n) is 3.97. The van der Waals surface area contributed by atoms with Crippen molar-refractivity contribution < 1.29 is 0 Å². The van der Waals surface area contributed by atoms with Crippen LogP contribution in [0.1, 0.15) is 12.5 Å². The maximum atomic E-state index is 4.91. The topological polar surface area (TPSA) is 121 Å². The standard InChI is InChI=1S/C25H21N9/c1-2-26-10-15-9-16(12-27-11-15)18-6-7-20-23(30-18)24(34-33-20)25-31-21-14-28-13-17(22(21)32-25)19-5-3-4-8-29-19/h3-9,11-14,26H,2,10H2,1H3,(H,31,32)(H,33,34). The highest BCUT2D eigenvalue weighted by Crippen LogP contribution is 2.30. The van der Waals surface area contributed by atoms with Gasteiger partial charge in [0.1, 0.15) is 11.0 Å². The van der Waals surface area contributed by atoms with Crippen molar-refractivity contribution in [3.63, 3.8) is 0 Å². The first-order valence-corrected chi connectivity index (χ1v) is 11.1. The van der Waals surface area contributed by atoms with E-state index >= 15 is 0 Å². The van der Waals surface area contributed by atoms with E-state index in [0.717, 1.165) is 63.2 Å². The van der Waals surface area contributed by atoms with Gasteiger partial charge < -0.3 is 10.3 Å². The minimum absolute atomic E-state index is 0.620. The van der Waals surface area contributed by atoms with Crippen LogP contribution in [0.4, 0.5) is 0 Å². The second-order valence-electron chi connectivity index (χ2n) is 7.91. The van der Waals surface area contributed by atoms with Crippen LogP contribution in [0.3, 0.4) is 0 Å². The van der Waals surface area contributed by atoms with Gasteiger partial charge in [0.15, 0.2) is 11.5 Å². The molecule has 34 heavy (non-hydrogen) atoms. The summed E-state index contributed by atoms with van der Waals surface area (Å²) < 4.78 is 0. The molecule has 0 atom stereocenters. The molecule has 0 bridgehead atoms. The SMILES string of the molecule is CCNCc1cncc(-c2ccc3[nH]nc(-c4nc5c(-c6ccccn6)cncc5[nH]4)c3n2)c1. The molecule has 6 rings (SSSR count). The van der Waals surface area contributed by atoms with Gasteiger partial charge in [-0.15, -0.1) is 0 Å². The van der Waals surface area contributed by atoms with Crippen LogP contribution in [-0.2, 0) is 6.54 Å². The van der Waals surface area contributed by atoms with E-state index in [-0.39, 0.29) is 0 Å². The largest absolute Gasteiger partial charge is 0.335 e. The first-order chi connectivity index (χ1) is 16.8. The number of hydrogen-bond donors (Lipinski definition) is 3. The monoisotopic (exact) mass is 447 g/mol. The van der Waals surface area contributed by atoms with Gasteiger partial charge in [-0.1, -0.05) is 13.0 Å². The number of hydrogen-bond acceptors (Lipinski definition) is 7. The van der Waals surface area contributed by atoms with E-state index in [1.54, 1.807) is 18.6 Å². The number of H-pyrrole nitrogens is 2. The first-order valence-electron chi connectivity index (χ1n) is 11.1. The Kier molecular flexibility index (Phi) is 5.00. The molecule has 0 saturated heterocycles. The van der Waals surface area contributed by atoms with Gasteiger partial charge in [0.25, 0.3) is 0 Å². The van der Waals surface area contributed by atoms with Crippen LogP contribution in [0.15, 0.2) is 67.4 Å². The molecule has 9 heteroatoms. The van der Waals surface area contributed by atoms with Crippen LogP contribution < -0.4 is 5.32 Å². The minimum atomic E-state index is 0.620. The van der Waals surface area contributed by atoms with Gasteiger partial charge in [-0.3, -0.25) is 20.1 Å². The molecule has 0 aromatic carbocycles. The highest BCUT2D eigenvalue weighted by Gasteiger charge is 2.17. The van der Waals surface area contributed by atoms with Crippen molar-refractivity contribution in [3.05, 3.63) is 72.9 Å². The number of pyridine rings is 4. The summed E-state index contributed by atoms with van der Waals surface area (Å²) in [6.07, 6.45) is 9.00. The summed E-state index contributed by atoms with van der Waals surface area (Å²) in [5.74, 6) is 0.620. The molecule has 0 aliphatic heterocycles. The number of rotatable bonds is 6. The molecule has 6 heterocycles. The van der Waals surface area contributed by atoms with Gasteiger partial charge >= 0.3 is 0 Å². The lowest BCUT2D eigenvalue weighted by molar-refractivity contribution is 0.724. The van der Waals surface area contributed by atoms with Crippen molar-refractivity contribution in [1.82, 2.24) is 45.4 Å². The van der Waals surface area contributed by atoms with Crippen LogP contribution in [0.5, 0.6) is 0 Å². The number of imidazole rings is 1. The third-order valence-corrected chi connectivity index (χ3v) is 5.64. The van der Waals surface area contributed by atoms with Gasteiger partial charge in [0.05, 0.1) is 28.6 Å². The van der Waals surface area contributed by atoms with Crippen LogP contribution in [0.25, 0.3) is 56.1 Å². The number of fused-ring (bicyclic) bond motifs is 2. The maximum absolute atomic E-state index is 4.91. The Morgan fingerprint density at radius 3 is 2.71 bits per heavy atom. The number of aromatic nitrogens is 8. The highest BCUT2D eigenvalue weighted by atomic mass is 15.2. The Hall–Kier alpha value is -4.50. The normalized spacial score (nSPS) is 11.4. The van der Waals surface area contributed by atoms with Crippen molar-refractivity contribution in [2.24, 2.45) is 0 Å². The molecule has 0 fully saturated rings. The number of aromatic amines is 2. The van der Waals surface area contributed by atoms with Gasteiger partial charge in [0, 0.05) is 42.5 Å². The second-order valence-corrected chi connectivity index (χ2v) is 7.91. The van der Waals surface area contributed by atoms with E-state index in [4.69, 9.17) is 9.97 Å². The Morgan fingerprint density at radius 1 is 0.882 bits per heavy atom. The molecule has 6 aromatic heterocycles. The molecule has 0 spiro atoms. The predicted octanol–water partition coefficient (Wildman–Crippen LogP) is 4.13. The van der Waals surface area contributed by atoms with Gasteiger partial charge in [-0.25, -0.2) is 9.97 Å². The molecular formula is C25H21N9. The number of nitrogens with zero attached hydrogens (tertiary/aromatic N) is 6. The Balaban J connectivity index is 1.44. The van der Waals surface area contributed by atoms with E-state index in [2.05, 4.69) is 48.4 Å². The lowest BCUT2D eigenvalue weighted by atomic mass is 10.1. The predicted molar refractivity (Wildman–Crippen MR) is 131 cm³/mol. The molecule has 3 N–H and O–H groups in total. The van der Waals surface area contributed by atoms with E-state index in [1.807, 2.05) is 42.7 Å². The Labute approximate surface area is 194 Å². The Bertz CT molecular complexity index is 1600. The van der Waals surface area contributed by atoms with E-state index in [1.165, 1.54) is 0 Å². The van der Waals surface area contributed by atoms with Crippen molar-refractivity contribution in [2.45, 2.75) is 13.5 Å². The molecule has 0 radical (unpaired) electrons. The second kappa shape index (κ2) is 8.45. The summed E-state index contributed by atoms with van der Waals surface area (Å²) in [5.41, 5.74) is 8.39. The van der Waals surface area contributed by atoms with Crippen LogP contribution in [0, 0.1) is 0 Å². The summed E-state index contributed by atoms with van der Waals surface area (Å²) in [7, 11) is 0. The molecular weight excluding hydrogens is 426 g/mol. The average molecular weight is 448 g/mol. The van der Waals surface area contributed by atoms with Gasteiger partial charge in [-0.2, -0.15) is 5.10 Å². The lowest BCUT2D eigenvalue weighted by Gasteiger charge is -2.05. The van der Waals surface area contributed by atoms with Crippen LogP contribution in [0.2, 0.25) is 0 Å². The zero-order chi connectivity index (χ0) is 22.9. The smallest absolute Gasteiger partial charge is 0.161 e. The highest BCUT2D eigenvalue weighted by molar-refractivity contribution is 5.95. The van der Waals surface area contributed by atoms with E-state index in [9.17, 15) is 0 Å². The molecule has 0 saturated carbocycles. The first kappa shape index (κ1) is 20.1. The molecule has 0 unspecified atom stereocenters. The fourth-order valence-corrected chi connectivity index (χ4v) is 3.97. The lowest BCUT2D eigenvalue weighted by Crippen LogP contribution is -2.11. The summed E-state index contributed by atoms with van der Waals surface area (Å²) in [6, 6.07) is 11.8. The summed E-state index contributed by atoms with van der Waals surface area (Å²) in [4.78, 5) is 26.3.